The third kappa shape index (κ3) is 4.06. The van der Waals surface area contributed by atoms with Crippen LogP contribution in [-0.2, 0) is 14.3 Å². The van der Waals surface area contributed by atoms with Gasteiger partial charge in [-0.2, -0.15) is 0 Å². The van der Waals surface area contributed by atoms with Crippen LogP contribution in [0.4, 0.5) is 4.39 Å². The molecule has 0 aromatic heterocycles. The molecule has 0 unspecified atom stereocenters. The fourth-order valence-electron chi connectivity index (χ4n) is 2.08. The van der Waals surface area contributed by atoms with Crippen LogP contribution < -0.4 is 4.74 Å². The van der Waals surface area contributed by atoms with Crippen molar-refractivity contribution in [2.24, 2.45) is 5.41 Å². The molecule has 0 amide bonds. The Kier molecular flexibility index (Phi) is 7.02. The molecular formula is C17H23FO4. The normalized spacial score (nSPS) is 11.1. The summed E-state index contributed by atoms with van der Waals surface area (Å²) in [6.45, 7) is 5.68. The molecule has 0 spiro atoms. The van der Waals surface area contributed by atoms with E-state index in [4.69, 9.17) is 9.47 Å². The summed E-state index contributed by atoms with van der Waals surface area (Å²) >= 11 is 0. The Bertz CT molecular complexity index is 509. The van der Waals surface area contributed by atoms with Gasteiger partial charge in [0.05, 0.1) is 6.61 Å². The molecule has 4 nitrogen and oxygen atoms in total. The van der Waals surface area contributed by atoms with Crippen LogP contribution in [0.3, 0.4) is 0 Å². The summed E-state index contributed by atoms with van der Waals surface area (Å²) in [5.41, 5.74) is -1.39. The molecule has 5 heteroatoms. The zero-order valence-electron chi connectivity index (χ0n) is 13.4. The van der Waals surface area contributed by atoms with Gasteiger partial charge in [-0.25, -0.2) is 4.39 Å². The topological polar surface area (TPSA) is 52.6 Å². The van der Waals surface area contributed by atoms with Crippen molar-refractivity contribution < 1.29 is 23.5 Å². The number of benzene rings is 1. The lowest BCUT2D eigenvalue weighted by Gasteiger charge is -2.26. The van der Waals surface area contributed by atoms with Gasteiger partial charge in [0.25, 0.3) is 0 Å². The van der Waals surface area contributed by atoms with Crippen LogP contribution in [0.5, 0.6) is 5.75 Å². The fraction of sp³-hybridized carbons (Fsp3) is 0.529. The molecule has 0 fully saturated rings. The van der Waals surface area contributed by atoms with Gasteiger partial charge in [0.15, 0.2) is 17.0 Å². The molecule has 0 heterocycles. The standard InChI is InChI=1S/C17H23FO4/c1-4-7-12-21-15(19)17(5-2,6-3)16(20)22-14-11-9-8-10-13(14)18/h8-11H,4-7,12H2,1-3H3. The number of halogens is 1. The van der Waals surface area contributed by atoms with Gasteiger partial charge in [-0.05, 0) is 31.4 Å². The van der Waals surface area contributed by atoms with Crippen LogP contribution in [0.15, 0.2) is 24.3 Å². The fourth-order valence-corrected chi connectivity index (χ4v) is 2.08. The van der Waals surface area contributed by atoms with Gasteiger partial charge < -0.3 is 9.47 Å². The highest BCUT2D eigenvalue weighted by Gasteiger charge is 2.46. The summed E-state index contributed by atoms with van der Waals surface area (Å²) in [7, 11) is 0. The lowest BCUT2D eigenvalue weighted by atomic mass is 9.82. The van der Waals surface area contributed by atoms with Crippen molar-refractivity contribution in [3.8, 4) is 5.75 Å². The Hall–Kier alpha value is -1.91. The molecule has 122 valence electrons. The number of carbonyl (C=O) groups excluding carboxylic acids is 2. The Morgan fingerprint density at radius 2 is 1.73 bits per heavy atom. The molecule has 0 saturated carbocycles. The van der Waals surface area contributed by atoms with Crippen molar-refractivity contribution in [1.29, 1.82) is 0 Å². The van der Waals surface area contributed by atoms with Gasteiger partial charge >= 0.3 is 11.9 Å². The van der Waals surface area contributed by atoms with Crippen LogP contribution >= 0.6 is 0 Å². The predicted octanol–water partition coefficient (Wildman–Crippen LogP) is 3.88. The van der Waals surface area contributed by atoms with Crippen molar-refractivity contribution in [1.82, 2.24) is 0 Å². The number of unbranched alkanes of at least 4 members (excludes halogenated alkanes) is 1. The third-order valence-electron chi connectivity index (χ3n) is 3.76. The lowest BCUT2D eigenvalue weighted by Crippen LogP contribution is -2.42. The number of esters is 2. The molecule has 0 N–H and O–H groups in total. The Morgan fingerprint density at radius 3 is 2.27 bits per heavy atom. The van der Waals surface area contributed by atoms with Gasteiger partial charge in [0, 0.05) is 0 Å². The lowest BCUT2D eigenvalue weighted by molar-refractivity contribution is -0.168. The monoisotopic (exact) mass is 310 g/mol. The first kappa shape index (κ1) is 18.1. The minimum absolute atomic E-state index is 0.180. The first-order valence-electron chi connectivity index (χ1n) is 7.65. The largest absolute Gasteiger partial charge is 0.465 e. The van der Waals surface area contributed by atoms with E-state index < -0.39 is 23.2 Å². The highest BCUT2D eigenvalue weighted by Crippen LogP contribution is 2.31. The van der Waals surface area contributed by atoms with E-state index in [9.17, 15) is 14.0 Å². The molecule has 1 aromatic carbocycles. The molecule has 0 aliphatic rings. The van der Waals surface area contributed by atoms with Crippen LogP contribution in [0.1, 0.15) is 46.5 Å². The maximum absolute atomic E-state index is 13.6. The number of hydrogen-bond donors (Lipinski definition) is 0. The van der Waals surface area contributed by atoms with E-state index in [0.717, 1.165) is 12.8 Å². The molecule has 0 aliphatic carbocycles. The van der Waals surface area contributed by atoms with Crippen molar-refractivity contribution in [3.05, 3.63) is 30.1 Å². The summed E-state index contributed by atoms with van der Waals surface area (Å²) < 4.78 is 23.9. The van der Waals surface area contributed by atoms with Crippen LogP contribution in [-0.4, -0.2) is 18.5 Å². The minimum Gasteiger partial charge on any atom is -0.465 e. The first-order chi connectivity index (χ1) is 10.5. The second-order valence-corrected chi connectivity index (χ2v) is 5.10. The quantitative estimate of drug-likeness (QED) is 0.316. The molecule has 0 bridgehead atoms. The maximum atomic E-state index is 13.6. The SMILES string of the molecule is CCCCOC(=O)C(CC)(CC)C(=O)Oc1ccccc1F. The number of hydrogen-bond acceptors (Lipinski definition) is 4. The van der Waals surface area contributed by atoms with E-state index in [1.165, 1.54) is 18.2 Å². The van der Waals surface area contributed by atoms with Crippen molar-refractivity contribution >= 4 is 11.9 Å². The second-order valence-electron chi connectivity index (χ2n) is 5.10. The Labute approximate surface area is 130 Å². The molecule has 0 radical (unpaired) electrons. The molecule has 22 heavy (non-hydrogen) atoms. The third-order valence-corrected chi connectivity index (χ3v) is 3.76. The smallest absolute Gasteiger partial charge is 0.328 e. The highest BCUT2D eigenvalue weighted by atomic mass is 19.1. The maximum Gasteiger partial charge on any atom is 0.328 e. The molecule has 0 aliphatic heterocycles. The van der Waals surface area contributed by atoms with Crippen LogP contribution in [0.25, 0.3) is 0 Å². The van der Waals surface area contributed by atoms with E-state index in [0.29, 0.717) is 0 Å². The van der Waals surface area contributed by atoms with Gasteiger partial charge in [-0.1, -0.05) is 39.3 Å². The average Bonchev–Trinajstić information content (AvgIpc) is 2.51. The van der Waals surface area contributed by atoms with Gasteiger partial charge in [0.2, 0.25) is 0 Å². The summed E-state index contributed by atoms with van der Waals surface area (Å²) in [6, 6.07) is 5.61. The molecule has 1 aromatic rings. The zero-order chi connectivity index (χ0) is 16.6. The number of ether oxygens (including phenoxy) is 2. The van der Waals surface area contributed by atoms with Gasteiger partial charge in [0.1, 0.15) is 0 Å². The van der Waals surface area contributed by atoms with E-state index in [-0.39, 0.29) is 25.2 Å². The summed E-state index contributed by atoms with van der Waals surface area (Å²) in [5.74, 6) is -2.20. The van der Waals surface area contributed by atoms with E-state index >= 15 is 0 Å². The van der Waals surface area contributed by atoms with E-state index in [2.05, 4.69) is 0 Å². The van der Waals surface area contributed by atoms with Gasteiger partial charge in [-0.15, -0.1) is 0 Å². The summed E-state index contributed by atoms with van der Waals surface area (Å²) in [5, 5.41) is 0. The molecule has 1 rings (SSSR count). The zero-order valence-corrected chi connectivity index (χ0v) is 13.4. The van der Waals surface area contributed by atoms with E-state index in [1.807, 2.05) is 6.92 Å². The van der Waals surface area contributed by atoms with Gasteiger partial charge in [-0.3, -0.25) is 9.59 Å². The predicted molar refractivity (Wildman–Crippen MR) is 80.9 cm³/mol. The highest BCUT2D eigenvalue weighted by molar-refractivity contribution is 6.00. The minimum atomic E-state index is -1.39. The van der Waals surface area contributed by atoms with Crippen LogP contribution in [0, 0.1) is 11.2 Å². The van der Waals surface area contributed by atoms with Crippen molar-refractivity contribution in [2.45, 2.75) is 46.5 Å². The summed E-state index contributed by atoms with van der Waals surface area (Å²) in [4.78, 5) is 24.7. The molecule has 0 saturated heterocycles. The Morgan fingerprint density at radius 1 is 1.09 bits per heavy atom. The molecular weight excluding hydrogens is 287 g/mol. The van der Waals surface area contributed by atoms with Crippen LogP contribution in [0.2, 0.25) is 0 Å². The Balaban J connectivity index is 2.90. The summed E-state index contributed by atoms with van der Waals surface area (Å²) in [6.07, 6.45) is 2.10. The van der Waals surface area contributed by atoms with E-state index in [1.54, 1.807) is 19.9 Å². The number of para-hydroxylation sites is 1. The first-order valence-corrected chi connectivity index (χ1v) is 7.65. The van der Waals surface area contributed by atoms with Crippen molar-refractivity contribution in [2.75, 3.05) is 6.61 Å². The second kappa shape index (κ2) is 8.51. The van der Waals surface area contributed by atoms with Crippen molar-refractivity contribution in [3.63, 3.8) is 0 Å². The number of rotatable bonds is 8. The molecule has 0 atom stereocenters. The average molecular weight is 310 g/mol. The number of carbonyl (C=O) groups is 2.